The highest BCUT2D eigenvalue weighted by atomic mass is 35.6. The minimum Gasteiger partial charge on any atom is -0.289 e. The fraction of sp³-hybridized carbons (Fsp3) is 0.0909. The maximum atomic E-state index is 12.7. The average Bonchev–Trinajstić information content (AvgIpc) is 2.72. The van der Waals surface area contributed by atoms with Gasteiger partial charge in [0.1, 0.15) is 0 Å². The second-order valence-electron chi connectivity index (χ2n) is 6.39. The molecule has 0 radical (unpaired) electrons. The van der Waals surface area contributed by atoms with Crippen LogP contribution < -0.4 is 0 Å². The number of ketones is 2. The largest absolute Gasteiger partial charge is 0.289 e. The summed E-state index contributed by atoms with van der Waals surface area (Å²) in [5, 5.41) is 0. The molecule has 0 heterocycles. The monoisotopic (exact) mass is 518 g/mol. The van der Waals surface area contributed by atoms with Gasteiger partial charge in [0.25, 0.3) is 0 Å². The van der Waals surface area contributed by atoms with Crippen molar-refractivity contribution >= 4 is 81.2 Å². The second kappa shape index (κ2) is 9.08. The van der Waals surface area contributed by atoms with Gasteiger partial charge in [-0.1, -0.05) is 142 Å². The summed E-state index contributed by atoms with van der Waals surface area (Å²) in [4.78, 5) is 25.3. The molecular weight excluding hydrogens is 509 g/mol. The topological polar surface area (TPSA) is 34.1 Å². The normalized spacial score (nSPS) is 11.9. The third-order valence-corrected chi connectivity index (χ3v) is 5.67. The highest BCUT2D eigenvalue weighted by Crippen LogP contribution is 2.39. The molecule has 154 valence electrons. The molecule has 0 amide bonds. The third-order valence-electron chi connectivity index (χ3n) is 4.36. The number of carbonyl (C=O) groups is 2. The van der Waals surface area contributed by atoms with E-state index in [0.717, 1.165) is 0 Å². The van der Waals surface area contributed by atoms with Crippen LogP contribution in [-0.4, -0.2) is 11.6 Å². The van der Waals surface area contributed by atoms with E-state index in [1.807, 2.05) is 0 Å². The standard InChI is InChI=1S/C22H12Cl6O2/c23-21(24,25)17-9-5-15(6-10-17)19(29)13-1-2-14(4-3-13)20(30)16-7-11-18(12-8-16)22(26,27)28/h1-12H. The molecule has 0 unspecified atom stereocenters. The Kier molecular flexibility index (Phi) is 7.08. The zero-order chi connectivity index (χ0) is 22.1. The Morgan fingerprint density at radius 1 is 0.433 bits per heavy atom. The summed E-state index contributed by atoms with van der Waals surface area (Å²) in [6, 6.07) is 19.0. The Hall–Kier alpha value is -1.26. The van der Waals surface area contributed by atoms with Crippen LogP contribution in [0.2, 0.25) is 0 Å². The van der Waals surface area contributed by atoms with Crippen LogP contribution in [0.5, 0.6) is 0 Å². The van der Waals surface area contributed by atoms with Gasteiger partial charge in [0.2, 0.25) is 7.59 Å². The molecule has 30 heavy (non-hydrogen) atoms. The van der Waals surface area contributed by atoms with E-state index in [4.69, 9.17) is 69.6 Å². The molecule has 3 aromatic rings. The number of halogens is 6. The van der Waals surface area contributed by atoms with Gasteiger partial charge in [0.15, 0.2) is 11.6 Å². The molecular formula is C22H12Cl6O2. The number of hydrogen-bond acceptors (Lipinski definition) is 2. The van der Waals surface area contributed by atoms with Crippen molar-refractivity contribution in [2.75, 3.05) is 0 Å². The Morgan fingerprint density at radius 2 is 0.633 bits per heavy atom. The lowest BCUT2D eigenvalue weighted by Crippen LogP contribution is -2.06. The van der Waals surface area contributed by atoms with Gasteiger partial charge in [-0.15, -0.1) is 0 Å². The van der Waals surface area contributed by atoms with Gasteiger partial charge in [-0.3, -0.25) is 9.59 Å². The Balaban J connectivity index is 1.77. The average molecular weight is 521 g/mol. The summed E-state index contributed by atoms with van der Waals surface area (Å²) in [7, 11) is 0. The van der Waals surface area contributed by atoms with E-state index < -0.39 is 7.59 Å². The molecule has 0 atom stereocenters. The molecule has 3 rings (SSSR count). The molecule has 0 fully saturated rings. The van der Waals surface area contributed by atoms with Gasteiger partial charge in [-0.05, 0) is 0 Å². The first-order chi connectivity index (χ1) is 14.0. The van der Waals surface area contributed by atoms with Gasteiger partial charge in [0.05, 0.1) is 0 Å². The van der Waals surface area contributed by atoms with Crippen molar-refractivity contribution in [2.45, 2.75) is 7.59 Å². The lowest BCUT2D eigenvalue weighted by atomic mass is 9.98. The minimum absolute atomic E-state index is 0.211. The Morgan fingerprint density at radius 3 is 0.833 bits per heavy atom. The van der Waals surface area contributed by atoms with Crippen molar-refractivity contribution in [3.63, 3.8) is 0 Å². The summed E-state index contributed by atoms with van der Waals surface area (Å²) >= 11 is 35.0. The molecule has 3 aromatic carbocycles. The second-order valence-corrected chi connectivity index (χ2v) is 10.9. The molecule has 0 aliphatic carbocycles. The van der Waals surface area contributed by atoms with Crippen molar-refractivity contribution in [3.05, 3.63) is 106 Å². The molecule has 8 heteroatoms. The summed E-state index contributed by atoms with van der Waals surface area (Å²) in [5.41, 5.74) is 2.67. The van der Waals surface area contributed by atoms with Crippen LogP contribution >= 0.6 is 69.6 Å². The number of alkyl halides is 6. The smallest absolute Gasteiger partial charge is 0.216 e. The van der Waals surface area contributed by atoms with E-state index in [1.165, 1.54) is 0 Å². The van der Waals surface area contributed by atoms with E-state index >= 15 is 0 Å². The molecule has 0 N–H and O–H groups in total. The first-order valence-electron chi connectivity index (χ1n) is 8.51. The lowest BCUT2D eigenvalue weighted by molar-refractivity contribution is 0.102. The van der Waals surface area contributed by atoms with E-state index in [0.29, 0.717) is 33.4 Å². The van der Waals surface area contributed by atoms with Gasteiger partial charge in [0, 0.05) is 33.4 Å². The van der Waals surface area contributed by atoms with Crippen LogP contribution in [0, 0.1) is 0 Å². The zero-order valence-corrected chi connectivity index (χ0v) is 19.5. The number of rotatable bonds is 4. The van der Waals surface area contributed by atoms with Crippen LogP contribution in [-0.2, 0) is 7.59 Å². The summed E-state index contributed by atoms with van der Waals surface area (Å²) < 4.78 is -3.11. The van der Waals surface area contributed by atoms with E-state index in [9.17, 15) is 9.59 Å². The van der Waals surface area contributed by atoms with Crippen molar-refractivity contribution in [3.8, 4) is 0 Å². The molecule has 0 aromatic heterocycles. The number of hydrogen-bond donors (Lipinski definition) is 0. The maximum Gasteiger partial charge on any atom is 0.216 e. The fourth-order valence-electron chi connectivity index (χ4n) is 2.73. The Labute approximate surface area is 203 Å². The van der Waals surface area contributed by atoms with E-state index in [-0.39, 0.29) is 11.6 Å². The van der Waals surface area contributed by atoms with Crippen LogP contribution in [0.3, 0.4) is 0 Å². The van der Waals surface area contributed by atoms with Crippen molar-refractivity contribution in [1.82, 2.24) is 0 Å². The van der Waals surface area contributed by atoms with Crippen molar-refractivity contribution in [1.29, 1.82) is 0 Å². The molecule has 0 aliphatic rings. The third kappa shape index (κ3) is 5.50. The highest BCUT2D eigenvalue weighted by molar-refractivity contribution is 6.67. The van der Waals surface area contributed by atoms with Gasteiger partial charge in [-0.25, -0.2) is 0 Å². The first-order valence-corrected chi connectivity index (χ1v) is 10.8. The van der Waals surface area contributed by atoms with Gasteiger partial charge < -0.3 is 0 Å². The predicted octanol–water partition coefficient (Wildman–Crippen LogP) is 7.80. The highest BCUT2D eigenvalue weighted by Gasteiger charge is 2.24. The zero-order valence-electron chi connectivity index (χ0n) is 15.0. The molecule has 0 aliphatic heterocycles. The predicted molar refractivity (Wildman–Crippen MR) is 125 cm³/mol. The van der Waals surface area contributed by atoms with Crippen LogP contribution in [0.1, 0.15) is 43.0 Å². The number of carbonyl (C=O) groups excluding carboxylic acids is 2. The quantitative estimate of drug-likeness (QED) is 0.260. The molecule has 0 bridgehead atoms. The SMILES string of the molecule is O=C(c1ccc(C(=O)c2ccc(C(Cl)(Cl)Cl)cc2)cc1)c1ccc(C(Cl)(Cl)Cl)cc1. The minimum atomic E-state index is -1.55. The van der Waals surface area contributed by atoms with Crippen LogP contribution in [0.4, 0.5) is 0 Å². The first kappa shape index (κ1) is 23.4. The molecule has 2 nitrogen and oxygen atoms in total. The fourth-order valence-corrected chi connectivity index (χ4v) is 3.48. The lowest BCUT2D eigenvalue weighted by Gasteiger charge is -2.12. The van der Waals surface area contributed by atoms with Crippen molar-refractivity contribution in [2.24, 2.45) is 0 Å². The van der Waals surface area contributed by atoms with Gasteiger partial charge >= 0.3 is 0 Å². The molecule has 0 saturated carbocycles. The summed E-state index contributed by atoms with van der Waals surface area (Å²) in [6.45, 7) is 0. The van der Waals surface area contributed by atoms with E-state index in [2.05, 4.69) is 0 Å². The van der Waals surface area contributed by atoms with Crippen LogP contribution in [0.15, 0.2) is 72.8 Å². The van der Waals surface area contributed by atoms with Crippen LogP contribution in [0.25, 0.3) is 0 Å². The van der Waals surface area contributed by atoms with Crippen molar-refractivity contribution < 1.29 is 9.59 Å². The number of benzene rings is 3. The Bertz CT molecular complexity index is 973. The maximum absolute atomic E-state index is 12.7. The summed E-state index contributed by atoms with van der Waals surface area (Å²) in [6.07, 6.45) is 0. The van der Waals surface area contributed by atoms with E-state index in [1.54, 1.807) is 72.8 Å². The molecule has 0 saturated heterocycles. The summed E-state index contributed by atoms with van der Waals surface area (Å²) in [5.74, 6) is -0.422. The van der Waals surface area contributed by atoms with Gasteiger partial charge in [-0.2, -0.15) is 0 Å². The molecule has 0 spiro atoms.